The Kier molecular flexibility index (Phi) is 2.75. The van der Waals surface area contributed by atoms with Crippen LogP contribution < -0.4 is 0 Å². The highest BCUT2D eigenvalue weighted by molar-refractivity contribution is 6.33. The third kappa shape index (κ3) is 1.88. The number of rotatable bonds is 1. The van der Waals surface area contributed by atoms with Crippen molar-refractivity contribution in [1.29, 1.82) is 0 Å². The molecule has 2 aromatic rings. The third-order valence-electron chi connectivity index (χ3n) is 3.00. The Labute approximate surface area is 114 Å². The molecule has 0 amide bonds. The van der Waals surface area contributed by atoms with E-state index in [2.05, 4.69) is 4.98 Å². The molecule has 0 spiro atoms. The van der Waals surface area contributed by atoms with Crippen LogP contribution in [0.3, 0.4) is 0 Å². The molecule has 3 nitrogen and oxygen atoms in total. The summed E-state index contributed by atoms with van der Waals surface area (Å²) >= 11 is 6.05. The third-order valence-corrected chi connectivity index (χ3v) is 3.31. The van der Waals surface area contributed by atoms with E-state index in [1.54, 1.807) is 19.1 Å². The van der Waals surface area contributed by atoms with Crippen LogP contribution in [0.15, 0.2) is 24.3 Å². The quantitative estimate of drug-likeness (QED) is 0.749. The Balaban J connectivity index is 2.35. The highest BCUT2D eigenvalue weighted by Gasteiger charge is 2.29. The number of cyclic esters (lactones) is 1. The van der Waals surface area contributed by atoms with E-state index in [0.29, 0.717) is 22.5 Å². The smallest absolute Gasteiger partial charge is 0.341 e. The van der Waals surface area contributed by atoms with Crippen LogP contribution in [-0.4, -0.2) is 11.0 Å². The number of carbonyl (C=O) groups excluding carboxylic acids is 1. The van der Waals surface area contributed by atoms with Gasteiger partial charge in [0.15, 0.2) is 0 Å². The summed E-state index contributed by atoms with van der Waals surface area (Å²) < 4.78 is 19.0. The first kappa shape index (κ1) is 12.1. The van der Waals surface area contributed by atoms with Crippen molar-refractivity contribution in [1.82, 2.24) is 4.98 Å². The van der Waals surface area contributed by atoms with Crippen molar-refractivity contribution in [3.63, 3.8) is 0 Å². The van der Waals surface area contributed by atoms with Crippen LogP contribution in [0.2, 0.25) is 5.02 Å². The van der Waals surface area contributed by atoms with E-state index in [4.69, 9.17) is 16.3 Å². The van der Waals surface area contributed by atoms with Crippen LogP contribution in [0.25, 0.3) is 11.1 Å². The molecule has 0 aliphatic carbocycles. The fourth-order valence-corrected chi connectivity index (χ4v) is 2.49. The lowest BCUT2D eigenvalue weighted by atomic mass is 9.98. The van der Waals surface area contributed by atoms with Gasteiger partial charge < -0.3 is 4.74 Å². The van der Waals surface area contributed by atoms with Crippen LogP contribution in [0.1, 0.15) is 21.7 Å². The van der Waals surface area contributed by atoms with Crippen molar-refractivity contribution in [2.45, 2.75) is 13.5 Å². The van der Waals surface area contributed by atoms with E-state index in [1.807, 2.05) is 0 Å². The maximum Gasteiger partial charge on any atom is 0.341 e. The highest BCUT2D eigenvalue weighted by Crippen LogP contribution is 2.36. The number of benzene rings is 1. The molecule has 0 bridgehead atoms. The minimum Gasteiger partial charge on any atom is -0.455 e. The van der Waals surface area contributed by atoms with Crippen molar-refractivity contribution < 1.29 is 13.9 Å². The average Bonchev–Trinajstić information content (AvgIpc) is 2.70. The van der Waals surface area contributed by atoms with Crippen molar-refractivity contribution in [3.8, 4) is 11.1 Å². The Morgan fingerprint density at radius 3 is 2.89 bits per heavy atom. The molecule has 0 N–H and O–H groups in total. The summed E-state index contributed by atoms with van der Waals surface area (Å²) in [5, 5.41) is 0.257. The normalized spacial score (nSPS) is 13.3. The van der Waals surface area contributed by atoms with Crippen LogP contribution in [0, 0.1) is 12.7 Å². The van der Waals surface area contributed by atoms with E-state index in [-0.39, 0.29) is 17.2 Å². The van der Waals surface area contributed by atoms with Crippen molar-refractivity contribution >= 4 is 17.6 Å². The molecule has 0 fully saturated rings. The molecule has 1 aromatic heterocycles. The van der Waals surface area contributed by atoms with E-state index in [0.717, 1.165) is 0 Å². The van der Waals surface area contributed by atoms with Gasteiger partial charge in [0.25, 0.3) is 0 Å². The lowest BCUT2D eigenvalue weighted by Crippen LogP contribution is -2.01. The zero-order valence-electron chi connectivity index (χ0n) is 10.0. The van der Waals surface area contributed by atoms with E-state index in [9.17, 15) is 9.18 Å². The van der Waals surface area contributed by atoms with Gasteiger partial charge in [-0.2, -0.15) is 0 Å². The molecule has 0 unspecified atom stereocenters. The topological polar surface area (TPSA) is 39.2 Å². The first-order valence-corrected chi connectivity index (χ1v) is 6.07. The number of pyridine rings is 1. The zero-order chi connectivity index (χ0) is 13.6. The van der Waals surface area contributed by atoms with Gasteiger partial charge in [0, 0.05) is 16.8 Å². The van der Waals surface area contributed by atoms with Crippen LogP contribution in [0.5, 0.6) is 0 Å². The maximum absolute atomic E-state index is 14.0. The predicted octanol–water partition coefficient (Wildman–Crippen LogP) is 3.52. The summed E-state index contributed by atoms with van der Waals surface area (Å²) in [6.07, 6.45) is 0. The summed E-state index contributed by atoms with van der Waals surface area (Å²) in [7, 11) is 0. The Bertz CT molecular complexity index is 680. The summed E-state index contributed by atoms with van der Waals surface area (Å²) in [6, 6.07) is 6.07. The number of hydrogen-bond donors (Lipinski definition) is 0. The number of fused-ring (bicyclic) bond motifs is 1. The number of halogens is 2. The number of nitrogens with zero attached hydrogens (tertiary/aromatic N) is 1. The lowest BCUT2D eigenvalue weighted by Gasteiger charge is -2.10. The molecule has 2 heterocycles. The summed E-state index contributed by atoms with van der Waals surface area (Å²) in [4.78, 5) is 16.0. The molecule has 0 saturated heterocycles. The molecule has 5 heteroatoms. The van der Waals surface area contributed by atoms with Gasteiger partial charge >= 0.3 is 5.97 Å². The molecular weight excluding hydrogens is 269 g/mol. The molecule has 1 aromatic carbocycles. The fraction of sp³-hybridized carbons (Fsp3) is 0.143. The van der Waals surface area contributed by atoms with Gasteiger partial charge in [0.05, 0.1) is 16.3 Å². The Hall–Kier alpha value is -1.94. The number of aryl methyl sites for hydroxylation is 1. The van der Waals surface area contributed by atoms with Crippen LogP contribution >= 0.6 is 11.6 Å². The summed E-state index contributed by atoms with van der Waals surface area (Å²) in [6.45, 7) is 1.90. The molecule has 3 rings (SSSR count). The molecule has 1 aliphatic heterocycles. The van der Waals surface area contributed by atoms with Crippen LogP contribution in [-0.2, 0) is 11.3 Å². The number of carbonyl (C=O) groups is 1. The maximum atomic E-state index is 14.0. The first-order chi connectivity index (χ1) is 9.08. The minimum atomic E-state index is -0.489. The van der Waals surface area contributed by atoms with Crippen LogP contribution in [0.4, 0.5) is 4.39 Å². The largest absolute Gasteiger partial charge is 0.455 e. The minimum absolute atomic E-state index is 0.120. The first-order valence-electron chi connectivity index (χ1n) is 5.70. The summed E-state index contributed by atoms with van der Waals surface area (Å²) in [5.74, 6) is -0.961. The SMILES string of the molecule is Cc1cc(-c2c(F)cccc2Cl)c2c(n1)COC2=O. The molecular formula is C14H9ClFNO2. The molecule has 19 heavy (non-hydrogen) atoms. The zero-order valence-corrected chi connectivity index (χ0v) is 10.8. The molecule has 0 saturated carbocycles. The van der Waals surface area contributed by atoms with Gasteiger partial charge in [-0.25, -0.2) is 9.18 Å². The molecule has 96 valence electrons. The highest BCUT2D eigenvalue weighted by atomic mass is 35.5. The number of ether oxygens (including phenoxy) is 1. The van der Waals surface area contributed by atoms with Gasteiger partial charge in [0.2, 0.25) is 0 Å². The second-order valence-electron chi connectivity index (χ2n) is 4.31. The van der Waals surface area contributed by atoms with Gasteiger partial charge in [-0.05, 0) is 25.1 Å². The monoisotopic (exact) mass is 277 g/mol. The Morgan fingerprint density at radius 1 is 1.37 bits per heavy atom. The fourth-order valence-electron chi connectivity index (χ4n) is 2.23. The second kappa shape index (κ2) is 4.31. The van der Waals surface area contributed by atoms with Gasteiger partial charge in [-0.15, -0.1) is 0 Å². The number of aromatic nitrogens is 1. The van der Waals surface area contributed by atoms with Gasteiger partial charge in [-0.1, -0.05) is 17.7 Å². The Morgan fingerprint density at radius 2 is 2.16 bits per heavy atom. The second-order valence-corrected chi connectivity index (χ2v) is 4.71. The van der Waals surface area contributed by atoms with Crippen molar-refractivity contribution in [2.75, 3.05) is 0 Å². The van der Waals surface area contributed by atoms with Crippen molar-refractivity contribution in [3.05, 3.63) is 52.1 Å². The molecule has 0 radical (unpaired) electrons. The average molecular weight is 278 g/mol. The standard InChI is InChI=1S/C14H9ClFNO2/c1-7-5-8(12-9(15)3-2-4-10(12)16)13-11(17-7)6-19-14(13)18/h2-5H,6H2,1H3. The number of esters is 1. The molecule has 1 aliphatic rings. The van der Waals surface area contributed by atoms with E-state index in [1.165, 1.54) is 12.1 Å². The number of hydrogen-bond acceptors (Lipinski definition) is 3. The predicted molar refractivity (Wildman–Crippen MR) is 68.5 cm³/mol. The van der Waals surface area contributed by atoms with Crippen molar-refractivity contribution in [2.24, 2.45) is 0 Å². The lowest BCUT2D eigenvalue weighted by molar-refractivity contribution is 0.0534. The van der Waals surface area contributed by atoms with E-state index >= 15 is 0 Å². The summed E-state index contributed by atoms with van der Waals surface area (Å²) in [5.41, 5.74) is 2.17. The van der Waals surface area contributed by atoms with Gasteiger partial charge in [0.1, 0.15) is 12.4 Å². The van der Waals surface area contributed by atoms with E-state index < -0.39 is 11.8 Å². The van der Waals surface area contributed by atoms with Gasteiger partial charge in [-0.3, -0.25) is 4.98 Å². The molecule has 0 atom stereocenters.